The van der Waals surface area contributed by atoms with Crippen molar-refractivity contribution in [1.29, 1.82) is 0 Å². The topological polar surface area (TPSA) is 29.9 Å². The van der Waals surface area contributed by atoms with E-state index in [4.69, 9.17) is 0 Å². The summed E-state index contributed by atoms with van der Waals surface area (Å²) >= 11 is 0. The Hall–Kier alpha value is -1.68. The van der Waals surface area contributed by atoms with Crippen molar-refractivity contribution in [3.05, 3.63) is 47.8 Å². The van der Waals surface area contributed by atoms with Crippen LogP contribution in [0.2, 0.25) is 0 Å². The van der Waals surface area contributed by atoms with Crippen LogP contribution in [0.25, 0.3) is 5.69 Å². The van der Waals surface area contributed by atoms with E-state index in [1.165, 1.54) is 0 Å². The number of hydrogen-bond acceptors (Lipinski definition) is 2. The van der Waals surface area contributed by atoms with Gasteiger partial charge in [0.1, 0.15) is 5.82 Å². The van der Waals surface area contributed by atoms with Crippen molar-refractivity contribution in [2.24, 2.45) is 0 Å². The lowest BCUT2D eigenvalue weighted by atomic mass is 10.00. The third kappa shape index (κ3) is 1.74. The molecule has 0 aliphatic carbocycles. The average molecular weight is 231 g/mol. The molecule has 4 heteroatoms. The Morgan fingerprint density at radius 1 is 1.41 bits per heavy atom. The van der Waals surface area contributed by atoms with Crippen LogP contribution >= 0.6 is 0 Å². The SMILES string of the molecule is Cc1ccc(-n2cncc2C2CNC2)cc1F. The van der Waals surface area contributed by atoms with Crippen LogP contribution in [-0.4, -0.2) is 22.6 Å². The van der Waals surface area contributed by atoms with E-state index >= 15 is 0 Å². The van der Waals surface area contributed by atoms with E-state index in [1.807, 2.05) is 16.8 Å². The minimum atomic E-state index is -0.172. The molecule has 1 aliphatic rings. The van der Waals surface area contributed by atoms with Crippen LogP contribution in [0.4, 0.5) is 4.39 Å². The molecule has 1 saturated heterocycles. The Kier molecular flexibility index (Phi) is 2.44. The highest BCUT2D eigenvalue weighted by molar-refractivity contribution is 5.38. The first kappa shape index (κ1) is 10.5. The fourth-order valence-electron chi connectivity index (χ4n) is 2.05. The second-order valence-electron chi connectivity index (χ2n) is 4.48. The van der Waals surface area contributed by atoms with E-state index in [2.05, 4.69) is 10.3 Å². The highest BCUT2D eigenvalue weighted by atomic mass is 19.1. The molecule has 0 bridgehead atoms. The van der Waals surface area contributed by atoms with Crippen LogP contribution in [0.3, 0.4) is 0 Å². The summed E-state index contributed by atoms with van der Waals surface area (Å²) in [5, 5.41) is 3.23. The van der Waals surface area contributed by atoms with Gasteiger partial charge in [0.2, 0.25) is 0 Å². The van der Waals surface area contributed by atoms with E-state index in [0.29, 0.717) is 11.5 Å². The molecule has 2 heterocycles. The minimum absolute atomic E-state index is 0.172. The summed E-state index contributed by atoms with van der Waals surface area (Å²) in [6, 6.07) is 5.29. The van der Waals surface area contributed by atoms with Gasteiger partial charge in [-0.1, -0.05) is 6.07 Å². The van der Waals surface area contributed by atoms with Crippen LogP contribution in [0.15, 0.2) is 30.7 Å². The lowest BCUT2D eigenvalue weighted by Crippen LogP contribution is -2.40. The maximum atomic E-state index is 13.6. The van der Waals surface area contributed by atoms with Gasteiger partial charge in [0, 0.05) is 36.6 Å². The smallest absolute Gasteiger partial charge is 0.128 e. The molecule has 3 rings (SSSR count). The second kappa shape index (κ2) is 3.96. The standard InChI is InChI=1S/C13H14FN3/c1-9-2-3-11(4-12(9)14)17-8-16-7-13(17)10-5-15-6-10/h2-4,7-8,10,15H,5-6H2,1H3. The highest BCUT2D eigenvalue weighted by Crippen LogP contribution is 2.23. The van der Waals surface area contributed by atoms with Crippen molar-refractivity contribution in [3.63, 3.8) is 0 Å². The molecule has 88 valence electrons. The second-order valence-corrected chi connectivity index (χ2v) is 4.48. The summed E-state index contributed by atoms with van der Waals surface area (Å²) < 4.78 is 15.5. The van der Waals surface area contributed by atoms with Crippen molar-refractivity contribution >= 4 is 0 Å². The Morgan fingerprint density at radius 2 is 2.24 bits per heavy atom. The Labute approximate surface area is 99.3 Å². The Bertz CT molecular complexity index is 543. The molecule has 1 aromatic heterocycles. The Balaban J connectivity index is 2.02. The number of nitrogens with one attached hydrogen (secondary N) is 1. The monoisotopic (exact) mass is 231 g/mol. The molecular formula is C13H14FN3. The number of aromatic nitrogens is 2. The zero-order valence-electron chi connectivity index (χ0n) is 9.65. The fourth-order valence-corrected chi connectivity index (χ4v) is 2.05. The molecule has 0 spiro atoms. The number of nitrogens with zero attached hydrogens (tertiary/aromatic N) is 2. The number of rotatable bonds is 2. The molecule has 1 aliphatic heterocycles. The largest absolute Gasteiger partial charge is 0.315 e. The van der Waals surface area contributed by atoms with Gasteiger partial charge in [-0.15, -0.1) is 0 Å². The lowest BCUT2D eigenvalue weighted by molar-refractivity contribution is 0.435. The summed E-state index contributed by atoms with van der Waals surface area (Å²) in [6.45, 7) is 3.71. The first-order valence-corrected chi connectivity index (χ1v) is 5.75. The van der Waals surface area contributed by atoms with Crippen LogP contribution in [0.5, 0.6) is 0 Å². The van der Waals surface area contributed by atoms with Crippen molar-refractivity contribution < 1.29 is 4.39 Å². The molecule has 1 N–H and O–H groups in total. The van der Waals surface area contributed by atoms with E-state index in [-0.39, 0.29) is 5.82 Å². The van der Waals surface area contributed by atoms with Crippen LogP contribution in [-0.2, 0) is 0 Å². The van der Waals surface area contributed by atoms with Gasteiger partial charge in [-0.3, -0.25) is 0 Å². The third-order valence-corrected chi connectivity index (χ3v) is 3.30. The first-order chi connectivity index (χ1) is 8.25. The molecule has 1 aromatic carbocycles. The fraction of sp³-hybridized carbons (Fsp3) is 0.308. The van der Waals surface area contributed by atoms with Crippen molar-refractivity contribution in [3.8, 4) is 5.69 Å². The van der Waals surface area contributed by atoms with E-state index in [1.54, 1.807) is 25.4 Å². The van der Waals surface area contributed by atoms with Crippen LogP contribution in [0, 0.1) is 12.7 Å². The molecule has 0 saturated carbocycles. The van der Waals surface area contributed by atoms with E-state index in [9.17, 15) is 4.39 Å². The summed E-state index contributed by atoms with van der Waals surface area (Å²) in [7, 11) is 0. The quantitative estimate of drug-likeness (QED) is 0.856. The predicted molar refractivity (Wildman–Crippen MR) is 63.9 cm³/mol. The third-order valence-electron chi connectivity index (χ3n) is 3.30. The van der Waals surface area contributed by atoms with Gasteiger partial charge in [-0.25, -0.2) is 9.37 Å². The number of hydrogen-bond donors (Lipinski definition) is 1. The summed E-state index contributed by atoms with van der Waals surface area (Å²) in [4.78, 5) is 4.17. The molecule has 0 unspecified atom stereocenters. The number of imidazole rings is 1. The van der Waals surface area contributed by atoms with Crippen LogP contribution < -0.4 is 5.32 Å². The van der Waals surface area contributed by atoms with Gasteiger partial charge in [0.05, 0.1) is 6.33 Å². The molecule has 1 fully saturated rings. The molecule has 0 atom stereocenters. The number of benzene rings is 1. The highest BCUT2D eigenvalue weighted by Gasteiger charge is 2.22. The molecule has 0 radical (unpaired) electrons. The Morgan fingerprint density at radius 3 is 2.88 bits per heavy atom. The van der Waals surface area contributed by atoms with Crippen molar-refractivity contribution in [2.75, 3.05) is 13.1 Å². The van der Waals surface area contributed by atoms with Crippen molar-refractivity contribution in [2.45, 2.75) is 12.8 Å². The predicted octanol–water partition coefficient (Wildman–Crippen LogP) is 2.01. The van der Waals surface area contributed by atoms with Gasteiger partial charge in [-0.2, -0.15) is 0 Å². The zero-order chi connectivity index (χ0) is 11.8. The van der Waals surface area contributed by atoms with Gasteiger partial charge in [-0.05, 0) is 24.6 Å². The van der Waals surface area contributed by atoms with E-state index in [0.717, 1.165) is 24.5 Å². The average Bonchev–Trinajstić information content (AvgIpc) is 2.68. The minimum Gasteiger partial charge on any atom is -0.315 e. The molecule has 2 aromatic rings. The molecule has 17 heavy (non-hydrogen) atoms. The maximum absolute atomic E-state index is 13.6. The number of halogens is 1. The van der Waals surface area contributed by atoms with Gasteiger partial charge in [0.15, 0.2) is 0 Å². The molecule has 0 amide bonds. The first-order valence-electron chi connectivity index (χ1n) is 5.75. The summed E-state index contributed by atoms with van der Waals surface area (Å²) in [6.07, 6.45) is 3.61. The van der Waals surface area contributed by atoms with Gasteiger partial charge >= 0.3 is 0 Å². The summed E-state index contributed by atoms with van der Waals surface area (Å²) in [5.41, 5.74) is 2.65. The summed E-state index contributed by atoms with van der Waals surface area (Å²) in [5.74, 6) is 0.316. The van der Waals surface area contributed by atoms with E-state index < -0.39 is 0 Å². The zero-order valence-corrected chi connectivity index (χ0v) is 9.65. The lowest BCUT2D eigenvalue weighted by Gasteiger charge is -2.27. The maximum Gasteiger partial charge on any atom is 0.128 e. The van der Waals surface area contributed by atoms with Crippen molar-refractivity contribution in [1.82, 2.24) is 14.9 Å². The van der Waals surface area contributed by atoms with Gasteiger partial charge in [0.25, 0.3) is 0 Å². The number of aryl methyl sites for hydroxylation is 1. The van der Waals surface area contributed by atoms with Gasteiger partial charge < -0.3 is 9.88 Å². The van der Waals surface area contributed by atoms with Crippen LogP contribution in [0.1, 0.15) is 17.2 Å². The molecular weight excluding hydrogens is 217 g/mol. The molecule has 3 nitrogen and oxygen atoms in total. The normalized spacial score (nSPS) is 15.9.